The van der Waals surface area contributed by atoms with Crippen molar-refractivity contribution >= 4 is 15.9 Å². The molecule has 3 heteroatoms. The zero-order valence-electron chi connectivity index (χ0n) is 10.3. The number of halogens is 1. The van der Waals surface area contributed by atoms with Crippen LogP contribution in [0, 0.1) is 0 Å². The summed E-state index contributed by atoms with van der Waals surface area (Å²) in [7, 11) is 0. The van der Waals surface area contributed by atoms with E-state index in [4.69, 9.17) is 4.74 Å². The van der Waals surface area contributed by atoms with Crippen molar-refractivity contribution in [3.05, 3.63) is 34.3 Å². The van der Waals surface area contributed by atoms with E-state index in [0.29, 0.717) is 12.1 Å². The first kappa shape index (κ1) is 13.1. The molecule has 0 radical (unpaired) electrons. The molecule has 1 heterocycles. The van der Waals surface area contributed by atoms with Crippen LogP contribution in [0.25, 0.3) is 0 Å². The molecule has 1 aliphatic rings. The Labute approximate surface area is 112 Å². The highest BCUT2D eigenvalue weighted by Gasteiger charge is 2.15. The summed E-state index contributed by atoms with van der Waals surface area (Å²) < 4.78 is 6.63. The first-order valence-electron chi connectivity index (χ1n) is 6.35. The molecule has 1 aromatic rings. The van der Waals surface area contributed by atoms with Gasteiger partial charge in [0, 0.05) is 29.8 Å². The lowest BCUT2D eigenvalue weighted by molar-refractivity contribution is 0.142. The van der Waals surface area contributed by atoms with Gasteiger partial charge >= 0.3 is 0 Å². The lowest BCUT2D eigenvalue weighted by Crippen LogP contribution is -2.31. The van der Waals surface area contributed by atoms with Crippen LogP contribution in [0.2, 0.25) is 0 Å². The van der Waals surface area contributed by atoms with Gasteiger partial charge in [0.2, 0.25) is 0 Å². The number of nitrogens with one attached hydrogen (secondary N) is 1. The zero-order chi connectivity index (χ0) is 12.1. The summed E-state index contributed by atoms with van der Waals surface area (Å²) in [5, 5.41) is 3.70. The molecule has 94 valence electrons. The Balaban J connectivity index is 1.93. The van der Waals surface area contributed by atoms with E-state index in [-0.39, 0.29) is 0 Å². The van der Waals surface area contributed by atoms with Crippen LogP contribution in [-0.2, 0) is 4.74 Å². The van der Waals surface area contributed by atoms with Gasteiger partial charge < -0.3 is 10.1 Å². The van der Waals surface area contributed by atoms with E-state index in [2.05, 4.69) is 52.4 Å². The molecule has 1 fully saturated rings. The predicted octanol–water partition coefficient (Wildman–Crippen LogP) is 3.67. The Bertz CT molecular complexity index is 348. The Morgan fingerprint density at radius 3 is 3.06 bits per heavy atom. The van der Waals surface area contributed by atoms with Gasteiger partial charge in [-0.2, -0.15) is 0 Å². The molecular weight excluding hydrogens is 278 g/mol. The van der Waals surface area contributed by atoms with E-state index >= 15 is 0 Å². The van der Waals surface area contributed by atoms with Crippen LogP contribution in [-0.4, -0.2) is 19.3 Å². The van der Waals surface area contributed by atoms with Gasteiger partial charge in [-0.15, -0.1) is 0 Å². The lowest BCUT2D eigenvalue weighted by Gasteiger charge is -2.22. The Morgan fingerprint density at radius 1 is 1.35 bits per heavy atom. The average Bonchev–Trinajstić information content (AvgIpc) is 2.57. The van der Waals surface area contributed by atoms with E-state index in [9.17, 15) is 0 Å². The van der Waals surface area contributed by atoms with E-state index in [1.54, 1.807) is 0 Å². The molecule has 17 heavy (non-hydrogen) atoms. The number of hydrogen-bond donors (Lipinski definition) is 1. The third-order valence-corrected chi connectivity index (χ3v) is 3.78. The maximum absolute atomic E-state index is 5.48. The molecule has 0 aromatic heterocycles. The molecule has 0 aliphatic carbocycles. The standard InChI is InChI=1S/C14H20BrNO/c1-11(12-4-2-5-13(15)10-12)16-14-6-3-8-17-9-7-14/h2,4-5,10-11,14,16H,3,6-9H2,1H3/t11-,14?/m0/s1. The van der Waals surface area contributed by atoms with Crippen LogP contribution in [0.4, 0.5) is 0 Å². The van der Waals surface area contributed by atoms with Crippen molar-refractivity contribution in [2.75, 3.05) is 13.2 Å². The lowest BCUT2D eigenvalue weighted by atomic mass is 10.0. The van der Waals surface area contributed by atoms with Crippen LogP contribution in [0.15, 0.2) is 28.7 Å². The van der Waals surface area contributed by atoms with Gasteiger partial charge in [0.1, 0.15) is 0 Å². The Morgan fingerprint density at radius 2 is 2.24 bits per heavy atom. The van der Waals surface area contributed by atoms with Crippen molar-refractivity contribution in [3.8, 4) is 0 Å². The highest BCUT2D eigenvalue weighted by molar-refractivity contribution is 9.10. The second-order valence-electron chi connectivity index (χ2n) is 4.68. The highest BCUT2D eigenvalue weighted by atomic mass is 79.9. The van der Waals surface area contributed by atoms with Gasteiger partial charge in [-0.1, -0.05) is 28.1 Å². The van der Waals surface area contributed by atoms with Crippen molar-refractivity contribution in [1.29, 1.82) is 0 Å². The van der Waals surface area contributed by atoms with Gasteiger partial charge in [0.15, 0.2) is 0 Å². The van der Waals surface area contributed by atoms with E-state index in [0.717, 1.165) is 24.1 Å². The number of ether oxygens (including phenoxy) is 1. The molecule has 1 unspecified atom stereocenters. The normalized spacial score (nSPS) is 23.1. The van der Waals surface area contributed by atoms with E-state index in [1.165, 1.54) is 18.4 Å². The minimum atomic E-state index is 0.399. The Kier molecular flexibility index (Phi) is 5.01. The van der Waals surface area contributed by atoms with Crippen molar-refractivity contribution in [2.24, 2.45) is 0 Å². The monoisotopic (exact) mass is 297 g/mol. The summed E-state index contributed by atoms with van der Waals surface area (Å²) in [4.78, 5) is 0. The van der Waals surface area contributed by atoms with Crippen LogP contribution in [0.3, 0.4) is 0 Å². The minimum absolute atomic E-state index is 0.399. The molecule has 2 rings (SSSR count). The van der Waals surface area contributed by atoms with Gasteiger partial charge in [0.05, 0.1) is 0 Å². The van der Waals surface area contributed by atoms with Gasteiger partial charge in [-0.05, 0) is 43.9 Å². The molecule has 2 nitrogen and oxygen atoms in total. The molecule has 1 saturated heterocycles. The summed E-state index contributed by atoms with van der Waals surface area (Å²) in [5.74, 6) is 0. The van der Waals surface area contributed by atoms with Crippen LogP contribution in [0.1, 0.15) is 37.8 Å². The highest BCUT2D eigenvalue weighted by Crippen LogP contribution is 2.20. The van der Waals surface area contributed by atoms with Gasteiger partial charge in [-0.3, -0.25) is 0 Å². The summed E-state index contributed by atoms with van der Waals surface area (Å²) >= 11 is 3.52. The molecule has 1 aliphatic heterocycles. The van der Waals surface area contributed by atoms with Crippen molar-refractivity contribution in [3.63, 3.8) is 0 Å². The van der Waals surface area contributed by atoms with Crippen LogP contribution in [0.5, 0.6) is 0 Å². The molecule has 0 spiro atoms. The maximum atomic E-state index is 5.48. The third kappa shape index (κ3) is 4.09. The largest absolute Gasteiger partial charge is 0.381 e. The number of rotatable bonds is 3. The molecule has 0 saturated carbocycles. The third-order valence-electron chi connectivity index (χ3n) is 3.29. The van der Waals surface area contributed by atoms with Gasteiger partial charge in [-0.25, -0.2) is 0 Å². The summed E-state index contributed by atoms with van der Waals surface area (Å²) in [6.07, 6.45) is 3.51. The van der Waals surface area contributed by atoms with Crippen LogP contribution >= 0.6 is 15.9 Å². The summed E-state index contributed by atoms with van der Waals surface area (Å²) in [5.41, 5.74) is 1.34. The fraction of sp³-hybridized carbons (Fsp3) is 0.571. The second kappa shape index (κ2) is 6.53. The fourth-order valence-corrected chi connectivity index (χ4v) is 2.71. The smallest absolute Gasteiger partial charge is 0.0480 e. The Hall–Kier alpha value is -0.380. The van der Waals surface area contributed by atoms with Crippen molar-refractivity contribution < 1.29 is 4.74 Å². The summed E-state index contributed by atoms with van der Waals surface area (Å²) in [6.45, 7) is 4.04. The molecule has 0 bridgehead atoms. The van der Waals surface area contributed by atoms with Crippen molar-refractivity contribution in [1.82, 2.24) is 5.32 Å². The fourth-order valence-electron chi connectivity index (χ4n) is 2.30. The molecular formula is C14H20BrNO. The first-order chi connectivity index (χ1) is 8.25. The molecule has 2 atom stereocenters. The predicted molar refractivity (Wildman–Crippen MR) is 74.2 cm³/mol. The zero-order valence-corrected chi connectivity index (χ0v) is 11.9. The molecule has 0 amide bonds. The average molecular weight is 298 g/mol. The SMILES string of the molecule is C[C@H](NC1CCCOCC1)c1cccc(Br)c1. The topological polar surface area (TPSA) is 21.3 Å². The quantitative estimate of drug-likeness (QED) is 0.919. The van der Waals surface area contributed by atoms with Crippen molar-refractivity contribution in [2.45, 2.75) is 38.3 Å². The number of hydrogen-bond acceptors (Lipinski definition) is 2. The maximum Gasteiger partial charge on any atom is 0.0480 e. The second-order valence-corrected chi connectivity index (χ2v) is 5.60. The molecule has 1 N–H and O–H groups in total. The first-order valence-corrected chi connectivity index (χ1v) is 7.14. The van der Waals surface area contributed by atoms with E-state index in [1.807, 2.05) is 0 Å². The summed E-state index contributed by atoms with van der Waals surface area (Å²) in [6, 6.07) is 9.51. The van der Waals surface area contributed by atoms with E-state index < -0.39 is 0 Å². The van der Waals surface area contributed by atoms with Gasteiger partial charge in [0.25, 0.3) is 0 Å². The van der Waals surface area contributed by atoms with Crippen LogP contribution < -0.4 is 5.32 Å². The number of benzene rings is 1. The molecule has 1 aromatic carbocycles. The minimum Gasteiger partial charge on any atom is -0.381 e.